The fourth-order valence-corrected chi connectivity index (χ4v) is 3.13. The van der Waals surface area contributed by atoms with E-state index in [0.29, 0.717) is 6.04 Å². The number of hydrogen-bond donors (Lipinski definition) is 1. The first-order valence-electron chi connectivity index (χ1n) is 5.04. The maximum absolute atomic E-state index is 3.50. The van der Waals surface area contributed by atoms with Crippen LogP contribution in [-0.2, 0) is 6.42 Å². The van der Waals surface area contributed by atoms with E-state index in [1.807, 2.05) is 18.4 Å². The molecule has 0 aliphatic carbocycles. The van der Waals surface area contributed by atoms with E-state index in [1.165, 1.54) is 15.0 Å². The molecule has 0 amide bonds. The molecule has 1 aromatic heterocycles. The molecular weight excluding hydrogens is 270 g/mol. The van der Waals surface area contributed by atoms with Gasteiger partial charge in [0.2, 0.25) is 0 Å². The van der Waals surface area contributed by atoms with E-state index in [4.69, 9.17) is 0 Å². The molecule has 1 N–H and O–H groups in total. The van der Waals surface area contributed by atoms with Crippen molar-refractivity contribution in [3.63, 3.8) is 0 Å². The average Bonchev–Trinajstić information content (AvgIpc) is 2.59. The summed E-state index contributed by atoms with van der Waals surface area (Å²) in [6, 6.07) is 9.29. The maximum Gasteiger partial charge on any atom is 0.0346 e. The van der Waals surface area contributed by atoms with Gasteiger partial charge in [-0.05, 0) is 50.0 Å². The second-order valence-electron chi connectivity index (χ2n) is 3.79. The Kier molecular flexibility index (Phi) is 3.44. The standard InChI is InChI=1S/C12H14BrNS/c1-8(14-2)5-11-7-9-6-10(13)3-4-12(9)15-11/h3-4,6-8,14H,5H2,1-2H3. The Morgan fingerprint density at radius 1 is 1.40 bits per heavy atom. The Morgan fingerprint density at radius 2 is 2.20 bits per heavy atom. The number of rotatable bonds is 3. The fourth-order valence-electron chi connectivity index (χ4n) is 1.57. The topological polar surface area (TPSA) is 12.0 Å². The van der Waals surface area contributed by atoms with Crippen molar-refractivity contribution >= 4 is 37.4 Å². The summed E-state index contributed by atoms with van der Waals surface area (Å²) < 4.78 is 2.53. The number of hydrogen-bond acceptors (Lipinski definition) is 2. The van der Waals surface area contributed by atoms with E-state index in [1.54, 1.807) is 0 Å². The zero-order chi connectivity index (χ0) is 10.8. The highest BCUT2D eigenvalue weighted by molar-refractivity contribution is 9.10. The molecule has 2 aromatic rings. The smallest absolute Gasteiger partial charge is 0.0346 e. The molecule has 1 atom stereocenters. The van der Waals surface area contributed by atoms with Crippen LogP contribution in [0.1, 0.15) is 11.8 Å². The van der Waals surface area contributed by atoms with Crippen LogP contribution in [0.25, 0.3) is 10.1 Å². The number of halogens is 1. The molecule has 3 heteroatoms. The van der Waals surface area contributed by atoms with Gasteiger partial charge in [-0.1, -0.05) is 15.9 Å². The first-order valence-corrected chi connectivity index (χ1v) is 6.65. The van der Waals surface area contributed by atoms with Crippen molar-refractivity contribution in [2.75, 3.05) is 7.05 Å². The lowest BCUT2D eigenvalue weighted by atomic mass is 10.2. The molecule has 0 fully saturated rings. The first kappa shape index (κ1) is 11.1. The Balaban J connectivity index is 2.30. The summed E-state index contributed by atoms with van der Waals surface area (Å²) in [6.07, 6.45) is 1.10. The van der Waals surface area contributed by atoms with E-state index in [-0.39, 0.29) is 0 Å². The zero-order valence-corrected chi connectivity index (χ0v) is 11.3. The minimum Gasteiger partial charge on any atom is -0.317 e. The van der Waals surface area contributed by atoms with Crippen molar-refractivity contribution in [1.29, 1.82) is 0 Å². The van der Waals surface area contributed by atoms with Gasteiger partial charge in [0.05, 0.1) is 0 Å². The molecule has 0 saturated carbocycles. The van der Waals surface area contributed by atoms with Gasteiger partial charge >= 0.3 is 0 Å². The molecule has 0 radical (unpaired) electrons. The number of benzene rings is 1. The third-order valence-electron chi connectivity index (χ3n) is 2.53. The minimum absolute atomic E-state index is 0.543. The summed E-state index contributed by atoms with van der Waals surface area (Å²) in [7, 11) is 2.01. The van der Waals surface area contributed by atoms with Gasteiger partial charge in [-0.2, -0.15) is 0 Å². The SMILES string of the molecule is CNC(C)Cc1cc2cc(Br)ccc2s1. The second kappa shape index (κ2) is 4.64. The third kappa shape index (κ3) is 2.60. The monoisotopic (exact) mass is 283 g/mol. The number of likely N-dealkylation sites (N-methyl/N-ethyl adjacent to an activating group) is 1. The van der Waals surface area contributed by atoms with Crippen molar-refractivity contribution in [3.8, 4) is 0 Å². The van der Waals surface area contributed by atoms with Crippen LogP contribution in [0.15, 0.2) is 28.7 Å². The normalized spacial score (nSPS) is 13.3. The number of nitrogens with one attached hydrogen (secondary N) is 1. The van der Waals surface area contributed by atoms with E-state index in [9.17, 15) is 0 Å². The van der Waals surface area contributed by atoms with Crippen LogP contribution in [0.4, 0.5) is 0 Å². The van der Waals surface area contributed by atoms with Crippen molar-refractivity contribution in [2.45, 2.75) is 19.4 Å². The maximum atomic E-state index is 3.50. The predicted octanol–water partition coefficient (Wildman–Crippen LogP) is 3.81. The van der Waals surface area contributed by atoms with Gasteiger partial charge in [0.1, 0.15) is 0 Å². The van der Waals surface area contributed by atoms with Crippen molar-refractivity contribution in [2.24, 2.45) is 0 Å². The van der Waals surface area contributed by atoms with Crippen LogP contribution >= 0.6 is 27.3 Å². The van der Waals surface area contributed by atoms with Gasteiger partial charge in [-0.15, -0.1) is 11.3 Å². The van der Waals surface area contributed by atoms with Crippen molar-refractivity contribution < 1.29 is 0 Å². The quantitative estimate of drug-likeness (QED) is 0.903. The molecule has 0 saturated heterocycles. The van der Waals surface area contributed by atoms with E-state index in [0.717, 1.165) is 10.9 Å². The zero-order valence-electron chi connectivity index (χ0n) is 8.88. The van der Waals surface area contributed by atoms with Crippen molar-refractivity contribution in [1.82, 2.24) is 5.32 Å². The van der Waals surface area contributed by atoms with Crippen LogP contribution in [0.3, 0.4) is 0 Å². The Bertz CT molecular complexity index is 464. The molecule has 0 aliphatic heterocycles. The largest absolute Gasteiger partial charge is 0.317 e. The lowest BCUT2D eigenvalue weighted by Crippen LogP contribution is -2.22. The van der Waals surface area contributed by atoms with Crippen LogP contribution in [0, 0.1) is 0 Å². The third-order valence-corrected chi connectivity index (χ3v) is 4.16. The van der Waals surface area contributed by atoms with E-state index in [2.05, 4.69) is 52.4 Å². The fraction of sp³-hybridized carbons (Fsp3) is 0.333. The predicted molar refractivity (Wildman–Crippen MR) is 71.8 cm³/mol. The number of thiophene rings is 1. The van der Waals surface area contributed by atoms with Crippen molar-refractivity contribution in [3.05, 3.63) is 33.6 Å². The van der Waals surface area contributed by atoms with E-state index < -0.39 is 0 Å². The molecule has 80 valence electrons. The van der Waals surface area contributed by atoms with Crippen LogP contribution < -0.4 is 5.32 Å². The highest BCUT2D eigenvalue weighted by atomic mass is 79.9. The summed E-state index contributed by atoms with van der Waals surface area (Å²) in [5, 5.41) is 4.61. The first-order chi connectivity index (χ1) is 7.19. The molecule has 1 aromatic carbocycles. The van der Waals surface area contributed by atoms with E-state index >= 15 is 0 Å². The van der Waals surface area contributed by atoms with Gasteiger partial charge < -0.3 is 5.32 Å². The number of fused-ring (bicyclic) bond motifs is 1. The van der Waals surface area contributed by atoms with Gasteiger partial charge in [-0.3, -0.25) is 0 Å². The molecule has 0 bridgehead atoms. The molecule has 15 heavy (non-hydrogen) atoms. The minimum atomic E-state index is 0.543. The summed E-state index contributed by atoms with van der Waals surface area (Å²) in [5.74, 6) is 0. The lowest BCUT2D eigenvalue weighted by Gasteiger charge is -2.06. The highest BCUT2D eigenvalue weighted by Gasteiger charge is 2.05. The molecule has 2 rings (SSSR count). The highest BCUT2D eigenvalue weighted by Crippen LogP contribution is 2.28. The molecule has 0 spiro atoms. The van der Waals surface area contributed by atoms with Crippen LogP contribution in [0.2, 0.25) is 0 Å². The lowest BCUT2D eigenvalue weighted by molar-refractivity contribution is 0.613. The Labute approximate surface area is 103 Å². The summed E-state index contributed by atoms with van der Waals surface area (Å²) in [4.78, 5) is 1.45. The summed E-state index contributed by atoms with van der Waals surface area (Å²) in [5.41, 5.74) is 0. The summed E-state index contributed by atoms with van der Waals surface area (Å²) in [6.45, 7) is 2.21. The molecular formula is C12H14BrNS. The second-order valence-corrected chi connectivity index (χ2v) is 5.87. The molecule has 1 heterocycles. The molecule has 0 aliphatic rings. The average molecular weight is 284 g/mol. The van der Waals surface area contributed by atoms with Crippen LogP contribution in [-0.4, -0.2) is 13.1 Å². The molecule has 1 unspecified atom stereocenters. The van der Waals surface area contributed by atoms with Crippen LogP contribution in [0.5, 0.6) is 0 Å². The Hall–Kier alpha value is -0.380. The molecule has 1 nitrogen and oxygen atoms in total. The van der Waals surface area contributed by atoms with Gasteiger partial charge in [-0.25, -0.2) is 0 Å². The summed E-state index contributed by atoms with van der Waals surface area (Å²) >= 11 is 5.39. The Morgan fingerprint density at radius 3 is 2.93 bits per heavy atom. The van der Waals surface area contributed by atoms with Gasteiger partial charge in [0.25, 0.3) is 0 Å². The van der Waals surface area contributed by atoms with Gasteiger partial charge in [0, 0.05) is 20.1 Å². The van der Waals surface area contributed by atoms with Gasteiger partial charge in [0.15, 0.2) is 0 Å².